The molecule has 1 unspecified atom stereocenters. The Balaban J connectivity index is 1.77. The molecular formula is C21H20N4O3. The number of nitrogens with one attached hydrogen (secondary N) is 2. The van der Waals surface area contributed by atoms with Crippen LogP contribution in [0.25, 0.3) is 0 Å². The van der Waals surface area contributed by atoms with E-state index in [-0.39, 0.29) is 17.7 Å². The predicted octanol–water partition coefficient (Wildman–Crippen LogP) is 2.56. The highest BCUT2D eigenvalue weighted by atomic mass is 16.5. The van der Waals surface area contributed by atoms with Gasteiger partial charge in [0.05, 0.1) is 12.2 Å². The third-order valence-electron chi connectivity index (χ3n) is 4.87. The first-order valence-electron chi connectivity index (χ1n) is 8.95. The lowest BCUT2D eigenvalue weighted by Crippen LogP contribution is -2.21. The van der Waals surface area contributed by atoms with Crippen LogP contribution in [0.1, 0.15) is 37.8 Å². The van der Waals surface area contributed by atoms with Crippen LogP contribution in [0.3, 0.4) is 0 Å². The Morgan fingerprint density at radius 3 is 2.64 bits per heavy atom. The number of rotatable bonds is 4. The van der Waals surface area contributed by atoms with Crippen LogP contribution in [0.5, 0.6) is 5.75 Å². The van der Waals surface area contributed by atoms with Crippen molar-refractivity contribution in [3.63, 3.8) is 0 Å². The normalized spacial score (nSPS) is 14.9. The summed E-state index contributed by atoms with van der Waals surface area (Å²) in [6, 6.07) is 13.3. The lowest BCUT2D eigenvalue weighted by Gasteiger charge is -2.13. The highest BCUT2D eigenvalue weighted by molar-refractivity contribution is 6.07. The molecule has 1 aromatic heterocycles. The molecule has 0 saturated heterocycles. The number of imidazole rings is 1. The van der Waals surface area contributed by atoms with Crippen molar-refractivity contribution in [3.8, 4) is 5.75 Å². The second-order valence-corrected chi connectivity index (χ2v) is 6.61. The number of ether oxygens (including phenoxy) is 1. The maximum atomic E-state index is 12.8. The number of aryl methyl sites for hydroxylation is 1. The van der Waals surface area contributed by atoms with Gasteiger partial charge in [0.15, 0.2) is 0 Å². The van der Waals surface area contributed by atoms with Gasteiger partial charge in [0, 0.05) is 43.5 Å². The average Bonchev–Trinajstić information content (AvgIpc) is 3.33. The molecule has 0 spiro atoms. The van der Waals surface area contributed by atoms with Gasteiger partial charge < -0.3 is 14.6 Å². The summed E-state index contributed by atoms with van der Waals surface area (Å²) in [5, 5.41) is 5.40. The first-order valence-corrected chi connectivity index (χ1v) is 8.95. The Labute approximate surface area is 162 Å². The molecule has 2 heterocycles. The van der Waals surface area contributed by atoms with Gasteiger partial charge in [0.25, 0.3) is 11.8 Å². The number of nitrogens with zero attached hydrogens (tertiary/aromatic N) is 2. The standard InChI is InChI=1S/C21H20N4O3/c1-22-20(27)16-11-14(19(26)24-21-23-8-9-25(21)2)10-15-17(12-28-18(15)16)13-6-4-3-5-7-13/h3-11,17H,12H2,1-2H3,(H,22,27)(H,23,24,26). The fraction of sp³-hybridized carbons (Fsp3) is 0.190. The zero-order chi connectivity index (χ0) is 19.7. The SMILES string of the molecule is CNC(=O)c1cc(C(=O)Nc2nccn2C)cc2c1OCC2c1ccccc1. The summed E-state index contributed by atoms with van der Waals surface area (Å²) in [5.74, 6) is 0.294. The van der Waals surface area contributed by atoms with Crippen LogP contribution in [0.4, 0.5) is 5.95 Å². The molecule has 2 aromatic carbocycles. The fourth-order valence-corrected chi connectivity index (χ4v) is 3.38. The van der Waals surface area contributed by atoms with Crippen molar-refractivity contribution in [1.29, 1.82) is 0 Å². The molecule has 2 amide bonds. The number of amides is 2. The van der Waals surface area contributed by atoms with E-state index in [0.29, 0.717) is 29.4 Å². The van der Waals surface area contributed by atoms with Gasteiger partial charge in [-0.3, -0.25) is 14.9 Å². The van der Waals surface area contributed by atoms with Crippen molar-refractivity contribution < 1.29 is 14.3 Å². The molecule has 7 heteroatoms. The van der Waals surface area contributed by atoms with Crippen LogP contribution >= 0.6 is 0 Å². The first kappa shape index (κ1) is 17.8. The molecule has 142 valence electrons. The van der Waals surface area contributed by atoms with E-state index in [0.717, 1.165) is 11.1 Å². The third-order valence-corrected chi connectivity index (χ3v) is 4.87. The van der Waals surface area contributed by atoms with Crippen LogP contribution in [0.15, 0.2) is 54.9 Å². The highest BCUT2D eigenvalue weighted by Gasteiger charge is 2.31. The molecule has 28 heavy (non-hydrogen) atoms. The van der Waals surface area contributed by atoms with Crippen LogP contribution in [0.2, 0.25) is 0 Å². The van der Waals surface area contributed by atoms with E-state index in [1.54, 1.807) is 43.2 Å². The maximum Gasteiger partial charge on any atom is 0.258 e. The molecule has 0 saturated carbocycles. The summed E-state index contributed by atoms with van der Waals surface area (Å²) in [4.78, 5) is 29.4. The summed E-state index contributed by atoms with van der Waals surface area (Å²) in [7, 11) is 3.35. The molecule has 2 N–H and O–H groups in total. The van der Waals surface area contributed by atoms with Crippen LogP contribution < -0.4 is 15.4 Å². The highest BCUT2D eigenvalue weighted by Crippen LogP contribution is 2.41. The number of carbonyl (C=O) groups excluding carboxylic acids is 2. The Hall–Kier alpha value is -3.61. The Kier molecular flexibility index (Phi) is 4.57. The Bertz CT molecular complexity index is 1040. The lowest BCUT2D eigenvalue weighted by atomic mass is 9.90. The van der Waals surface area contributed by atoms with Crippen molar-refractivity contribution in [1.82, 2.24) is 14.9 Å². The number of carbonyl (C=O) groups is 2. The van der Waals surface area contributed by atoms with E-state index in [1.807, 2.05) is 30.3 Å². The van der Waals surface area contributed by atoms with Gasteiger partial charge in [-0.15, -0.1) is 0 Å². The summed E-state index contributed by atoms with van der Waals surface area (Å²) in [6.45, 7) is 0.424. The summed E-state index contributed by atoms with van der Waals surface area (Å²) < 4.78 is 7.58. The zero-order valence-electron chi connectivity index (χ0n) is 15.6. The van der Waals surface area contributed by atoms with E-state index < -0.39 is 0 Å². The molecule has 1 aliphatic heterocycles. The van der Waals surface area contributed by atoms with Crippen molar-refractivity contribution >= 4 is 17.8 Å². The van der Waals surface area contributed by atoms with Crippen molar-refractivity contribution in [2.24, 2.45) is 7.05 Å². The molecular weight excluding hydrogens is 356 g/mol. The smallest absolute Gasteiger partial charge is 0.258 e. The number of aromatic nitrogens is 2. The van der Waals surface area contributed by atoms with Crippen LogP contribution in [-0.4, -0.2) is 35.0 Å². The number of benzene rings is 2. The van der Waals surface area contributed by atoms with Crippen LogP contribution in [0, 0.1) is 0 Å². The van der Waals surface area contributed by atoms with E-state index in [9.17, 15) is 9.59 Å². The lowest BCUT2D eigenvalue weighted by molar-refractivity contribution is 0.0960. The minimum atomic E-state index is -0.332. The molecule has 4 rings (SSSR count). The van der Waals surface area contributed by atoms with Gasteiger partial charge in [-0.25, -0.2) is 4.98 Å². The van der Waals surface area contributed by atoms with Crippen molar-refractivity contribution in [2.75, 3.05) is 19.0 Å². The summed E-state index contributed by atoms with van der Waals surface area (Å²) in [5.41, 5.74) is 2.64. The minimum Gasteiger partial charge on any atom is -0.491 e. The van der Waals surface area contributed by atoms with Crippen molar-refractivity contribution in [3.05, 3.63) is 77.1 Å². The molecule has 7 nitrogen and oxygen atoms in total. The average molecular weight is 376 g/mol. The van der Waals surface area contributed by atoms with Gasteiger partial charge in [0.1, 0.15) is 5.75 Å². The predicted molar refractivity (Wildman–Crippen MR) is 105 cm³/mol. The van der Waals surface area contributed by atoms with E-state index >= 15 is 0 Å². The van der Waals surface area contributed by atoms with E-state index in [2.05, 4.69) is 15.6 Å². The molecule has 0 aliphatic carbocycles. The van der Waals surface area contributed by atoms with Gasteiger partial charge in [-0.1, -0.05) is 30.3 Å². The Morgan fingerprint density at radius 2 is 1.96 bits per heavy atom. The molecule has 0 bridgehead atoms. The second kappa shape index (κ2) is 7.19. The summed E-state index contributed by atoms with van der Waals surface area (Å²) in [6.07, 6.45) is 3.35. The third kappa shape index (κ3) is 3.11. The largest absolute Gasteiger partial charge is 0.491 e. The first-order chi connectivity index (χ1) is 13.6. The topological polar surface area (TPSA) is 85.3 Å². The van der Waals surface area contributed by atoms with E-state index in [1.165, 1.54) is 0 Å². The van der Waals surface area contributed by atoms with Crippen molar-refractivity contribution in [2.45, 2.75) is 5.92 Å². The monoisotopic (exact) mass is 376 g/mol. The molecule has 0 radical (unpaired) electrons. The molecule has 0 fully saturated rings. The number of hydrogen-bond donors (Lipinski definition) is 2. The maximum absolute atomic E-state index is 12.8. The summed E-state index contributed by atoms with van der Waals surface area (Å²) >= 11 is 0. The fourth-order valence-electron chi connectivity index (χ4n) is 3.38. The second-order valence-electron chi connectivity index (χ2n) is 6.61. The van der Waals surface area contributed by atoms with Crippen LogP contribution in [-0.2, 0) is 7.05 Å². The zero-order valence-corrected chi connectivity index (χ0v) is 15.6. The molecule has 3 aromatic rings. The molecule has 1 aliphatic rings. The quantitative estimate of drug-likeness (QED) is 0.733. The van der Waals surface area contributed by atoms with Gasteiger partial charge >= 0.3 is 0 Å². The van der Waals surface area contributed by atoms with Gasteiger partial charge in [-0.05, 0) is 17.7 Å². The Morgan fingerprint density at radius 1 is 1.18 bits per heavy atom. The minimum absolute atomic E-state index is 0.0412. The molecule has 1 atom stereocenters. The van der Waals surface area contributed by atoms with E-state index in [4.69, 9.17) is 4.74 Å². The number of anilines is 1. The number of hydrogen-bond acceptors (Lipinski definition) is 4. The van der Waals surface area contributed by atoms with Gasteiger partial charge in [-0.2, -0.15) is 0 Å². The number of fused-ring (bicyclic) bond motifs is 1. The van der Waals surface area contributed by atoms with Gasteiger partial charge in [0.2, 0.25) is 5.95 Å².